The van der Waals surface area contributed by atoms with Crippen LogP contribution < -0.4 is 0 Å². The van der Waals surface area contributed by atoms with Gasteiger partial charge in [-0.05, 0) is 72.8 Å². The van der Waals surface area contributed by atoms with Gasteiger partial charge in [0.05, 0.1) is 46.6 Å². The van der Waals surface area contributed by atoms with E-state index < -0.39 is 172 Å². The molecule has 0 bridgehead atoms. The summed E-state index contributed by atoms with van der Waals surface area (Å²) in [5.74, 6) is -10.0. The molecule has 6 aromatic carbocycles. The Bertz CT molecular complexity index is 3580. The molecule has 3 fully saturated rings. The van der Waals surface area contributed by atoms with Crippen LogP contribution in [0, 0.1) is 0 Å². The molecule has 15 atom stereocenters. The fraction of sp³-hybridized carbons (Fsp3) is 0.324. The number of aliphatic hydroxyl groups is 1. The molecule has 492 valence electrons. The van der Waals surface area contributed by atoms with Crippen molar-refractivity contribution in [3.8, 4) is 0 Å². The van der Waals surface area contributed by atoms with Crippen molar-refractivity contribution in [2.24, 2.45) is 0 Å². The van der Waals surface area contributed by atoms with Gasteiger partial charge in [0.15, 0.2) is 73.8 Å². The van der Waals surface area contributed by atoms with Crippen LogP contribution in [0.1, 0.15) is 89.8 Å². The van der Waals surface area contributed by atoms with Gasteiger partial charge in [-0.2, -0.15) is 0 Å². The molecule has 0 spiro atoms. The molecular weight excluding hydrogens is 1230 g/mol. The Morgan fingerprint density at radius 3 is 0.851 bits per heavy atom. The Morgan fingerprint density at radius 2 is 0.521 bits per heavy atom. The van der Waals surface area contributed by atoms with Crippen LogP contribution in [0.4, 0.5) is 0 Å². The molecule has 3 heterocycles. The molecule has 1 N–H and O–H groups in total. The summed E-state index contributed by atoms with van der Waals surface area (Å²) in [6, 6.07) is 45.0. The van der Waals surface area contributed by atoms with Crippen molar-refractivity contribution in [2.45, 2.75) is 120 Å². The van der Waals surface area contributed by atoms with E-state index in [4.69, 9.17) is 71.1 Å². The fourth-order valence-corrected chi connectivity index (χ4v) is 10.3. The number of aliphatic hydroxyl groups excluding tert-OH is 1. The van der Waals surface area contributed by atoms with Gasteiger partial charge in [0, 0.05) is 27.7 Å². The fourth-order valence-electron chi connectivity index (χ4n) is 10.3. The molecule has 0 unspecified atom stereocenters. The van der Waals surface area contributed by atoms with Crippen molar-refractivity contribution >= 4 is 59.7 Å². The normalized spacial score (nSPS) is 25.5. The molecule has 0 radical (unpaired) electrons. The molecule has 26 heteroatoms. The average Bonchev–Trinajstić information content (AvgIpc) is 0.794. The van der Waals surface area contributed by atoms with Crippen molar-refractivity contribution in [3.63, 3.8) is 0 Å². The van der Waals surface area contributed by atoms with Crippen LogP contribution in [0.25, 0.3) is 0 Å². The van der Waals surface area contributed by atoms with Gasteiger partial charge in [0.25, 0.3) is 0 Å². The number of hydrogen-bond donors (Lipinski definition) is 1. The minimum absolute atomic E-state index is 0.000337. The third-order valence-corrected chi connectivity index (χ3v) is 14.5. The summed E-state index contributed by atoms with van der Waals surface area (Å²) in [5.41, 5.74) is -0.227. The van der Waals surface area contributed by atoms with Gasteiger partial charge in [0.1, 0.15) is 24.9 Å². The Morgan fingerprint density at radius 1 is 0.287 bits per heavy atom. The zero-order chi connectivity index (χ0) is 66.8. The van der Waals surface area contributed by atoms with Crippen molar-refractivity contribution in [1.29, 1.82) is 0 Å². The lowest BCUT2D eigenvalue weighted by atomic mass is 9.96. The van der Waals surface area contributed by atoms with Crippen LogP contribution in [0.15, 0.2) is 182 Å². The highest BCUT2D eigenvalue weighted by atomic mass is 16.8. The second kappa shape index (κ2) is 32.4. The highest BCUT2D eigenvalue weighted by Crippen LogP contribution is 2.37. The number of esters is 10. The van der Waals surface area contributed by atoms with E-state index in [1.165, 1.54) is 133 Å². The van der Waals surface area contributed by atoms with Crippen LogP contribution >= 0.6 is 0 Å². The molecule has 3 aliphatic heterocycles. The van der Waals surface area contributed by atoms with Crippen LogP contribution in [0.3, 0.4) is 0 Å². The molecule has 6 aromatic rings. The number of carbonyl (C=O) groups is 10. The summed E-state index contributed by atoms with van der Waals surface area (Å²) in [7, 11) is 0. The molecule has 3 saturated heterocycles. The smallest absolute Gasteiger partial charge is 0.338 e. The summed E-state index contributed by atoms with van der Waals surface area (Å²) < 4.78 is 91.0. The van der Waals surface area contributed by atoms with E-state index in [9.17, 15) is 53.1 Å². The SMILES string of the molecule is CC(=O)OC[C@H]1O[C@@H](OC[C@H]2O[C@@H](OC[C@H]3O[C@H](O)[C@H](OC(=O)c4ccccc4)[C@@H](OC(=O)c4ccccc4)[C@@H]3OC(=O)c3ccccc3)[C@H](OC(=O)c3ccccc3)[C@@H](OC(=O)c3ccccc3)[C@@H]2OC(=O)c2ccccc2)[C@H](OC(C)=O)[C@@H](OC(C)=O)[C@H]1OC(C)=O. The maximum atomic E-state index is 14.6. The van der Waals surface area contributed by atoms with Gasteiger partial charge in [-0.1, -0.05) is 109 Å². The molecule has 9 rings (SSSR count). The number of ether oxygens (including phenoxy) is 15. The van der Waals surface area contributed by atoms with Crippen molar-refractivity contribution in [1.82, 2.24) is 0 Å². The maximum Gasteiger partial charge on any atom is 0.338 e. The predicted molar refractivity (Wildman–Crippen MR) is 317 cm³/mol. The third kappa shape index (κ3) is 17.9. The zero-order valence-corrected chi connectivity index (χ0v) is 50.8. The summed E-state index contributed by atoms with van der Waals surface area (Å²) in [6.45, 7) is 1.58. The lowest BCUT2D eigenvalue weighted by Crippen LogP contribution is -2.65. The average molecular weight is 1300 g/mol. The van der Waals surface area contributed by atoms with Crippen LogP contribution in [-0.2, 0) is 90.2 Å². The topological polar surface area (TPSA) is 329 Å². The zero-order valence-electron chi connectivity index (χ0n) is 50.8. The molecule has 94 heavy (non-hydrogen) atoms. The van der Waals surface area contributed by atoms with Crippen LogP contribution in [-0.4, -0.2) is 177 Å². The van der Waals surface area contributed by atoms with Crippen molar-refractivity contribution in [2.75, 3.05) is 19.8 Å². The first-order valence-corrected chi connectivity index (χ1v) is 29.4. The molecular formula is C68H64O26. The third-order valence-electron chi connectivity index (χ3n) is 14.5. The highest BCUT2D eigenvalue weighted by molar-refractivity contribution is 5.93. The second-order valence-corrected chi connectivity index (χ2v) is 21.3. The van der Waals surface area contributed by atoms with Crippen molar-refractivity contribution < 1.29 is 124 Å². The Hall–Kier alpha value is -10.2. The lowest BCUT2D eigenvalue weighted by molar-refractivity contribution is -0.339. The maximum absolute atomic E-state index is 14.6. The van der Waals surface area contributed by atoms with E-state index in [0.717, 1.165) is 27.7 Å². The van der Waals surface area contributed by atoms with E-state index in [2.05, 4.69) is 0 Å². The molecule has 0 amide bonds. The minimum atomic E-state index is -2.22. The first-order valence-electron chi connectivity index (χ1n) is 29.4. The Labute approximate surface area is 536 Å². The molecule has 0 aliphatic carbocycles. The van der Waals surface area contributed by atoms with E-state index in [-0.39, 0.29) is 33.4 Å². The molecule has 3 aliphatic rings. The number of hydrogen-bond acceptors (Lipinski definition) is 26. The highest BCUT2D eigenvalue weighted by Gasteiger charge is 2.58. The van der Waals surface area contributed by atoms with E-state index in [1.54, 1.807) is 48.5 Å². The molecule has 26 nitrogen and oxygen atoms in total. The lowest BCUT2D eigenvalue weighted by Gasteiger charge is -2.47. The van der Waals surface area contributed by atoms with Gasteiger partial charge in [-0.25, -0.2) is 28.8 Å². The summed E-state index contributed by atoms with van der Waals surface area (Å²) in [4.78, 5) is 137. The van der Waals surface area contributed by atoms with Gasteiger partial charge in [-0.15, -0.1) is 0 Å². The van der Waals surface area contributed by atoms with E-state index in [0.29, 0.717) is 0 Å². The summed E-state index contributed by atoms with van der Waals surface area (Å²) in [5, 5.41) is 12.0. The van der Waals surface area contributed by atoms with Crippen LogP contribution in [0.5, 0.6) is 0 Å². The summed E-state index contributed by atoms with van der Waals surface area (Å²) >= 11 is 0. The van der Waals surface area contributed by atoms with Gasteiger partial charge < -0.3 is 76.2 Å². The van der Waals surface area contributed by atoms with Crippen LogP contribution in [0.2, 0.25) is 0 Å². The van der Waals surface area contributed by atoms with E-state index in [1.807, 2.05) is 0 Å². The quantitative estimate of drug-likeness (QED) is 0.0576. The first kappa shape index (κ1) is 68.2. The molecule has 0 saturated carbocycles. The largest absolute Gasteiger partial charge is 0.463 e. The molecule has 0 aromatic heterocycles. The number of carbonyl (C=O) groups excluding carboxylic acids is 10. The second-order valence-electron chi connectivity index (χ2n) is 21.3. The summed E-state index contributed by atoms with van der Waals surface area (Å²) in [6.07, 6.45) is -28.4. The number of rotatable bonds is 23. The van der Waals surface area contributed by atoms with Gasteiger partial charge >= 0.3 is 59.7 Å². The van der Waals surface area contributed by atoms with Gasteiger partial charge in [0.2, 0.25) is 0 Å². The Kier molecular flexibility index (Phi) is 23.5. The monoisotopic (exact) mass is 1300 g/mol. The van der Waals surface area contributed by atoms with Gasteiger partial charge in [-0.3, -0.25) is 19.2 Å². The number of benzene rings is 6. The first-order chi connectivity index (χ1) is 45.3. The standard InChI is InChI=1S/C68H64O26/c1-38(69)80-35-49-51(83-39(2)70)55(84-40(3)71)58(85-41(4)72)67(87-49)82-37-50-53(90-61(74)43-25-13-6-14-26-43)56(92-63(76)45-29-17-8-18-30-45)59(94-65(78)47-33-21-10-22-34-47)68(88-50)81-36-48-52(89-60(73)42-23-11-5-12-24-42)54(91-62(75)44-27-15-7-16-28-44)57(66(79)86-48)93-64(77)46-31-19-9-20-32-46/h5-34,48-59,66-68,79H,35-37H2,1-4H3/t48-,49-,50-,51+,52-,53-,54+,55+,56+,57-,58-,59-,66+,67-,68-/m1/s1. The minimum Gasteiger partial charge on any atom is -0.463 e. The van der Waals surface area contributed by atoms with E-state index >= 15 is 0 Å². The Balaban J connectivity index is 1.16. The predicted octanol–water partition coefficient (Wildman–Crippen LogP) is 5.90. The van der Waals surface area contributed by atoms with Crippen molar-refractivity contribution in [3.05, 3.63) is 215 Å².